The molecule has 0 aliphatic rings. The standard InChI is InChI=1S/C17H23N7O/c1-23(11-16-22-19-12-24(16)9-10-25-2)17-13-5-3-4-6-14(13)20-15(21-17)7-8-18/h3-6,12H,7-11,18H2,1-2H3. The molecular formula is C17H23N7O. The van der Waals surface area contributed by atoms with Crippen LogP contribution in [0.5, 0.6) is 0 Å². The first kappa shape index (κ1) is 17.2. The van der Waals surface area contributed by atoms with Crippen LogP contribution in [0.3, 0.4) is 0 Å². The summed E-state index contributed by atoms with van der Waals surface area (Å²) in [6.07, 6.45) is 2.37. The smallest absolute Gasteiger partial charge is 0.152 e. The predicted molar refractivity (Wildman–Crippen MR) is 96.3 cm³/mol. The van der Waals surface area contributed by atoms with Crippen molar-refractivity contribution in [1.82, 2.24) is 24.7 Å². The van der Waals surface area contributed by atoms with Gasteiger partial charge in [-0.15, -0.1) is 10.2 Å². The van der Waals surface area contributed by atoms with E-state index in [2.05, 4.69) is 20.1 Å². The maximum absolute atomic E-state index is 5.68. The number of benzene rings is 1. The summed E-state index contributed by atoms with van der Waals surface area (Å²) in [6, 6.07) is 8.00. The largest absolute Gasteiger partial charge is 0.383 e. The zero-order valence-electron chi connectivity index (χ0n) is 14.6. The van der Waals surface area contributed by atoms with Crippen molar-refractivity contribution in [3.8, 4) is 0 Å². The molecule has 0 saturated heterocycles. The van der Waals surface area contributed by atoms with Gasteiger partial charge in [-0.3, -0.25) is 0 Å². The quantitative estimate of drug-likeness (QED) is 0.653. The van der Waals surface area contributed by atoms with Crippen LogP contribution in [0.4, 0.5) is 5.82 Å². The Hall–Kier alpha value is -2.58. The first-order valence-corrected chi connectivity index (χ1v) is 8.25. The molecule has 8 heteroatoms. The van der Waals surface area contributed by atoms with Gasteiger partial charge < -0.3 is 19.9 Å². The molecule has 0 saturated carbocycles. The van der Waals surface area contributed by atoms with Gasteiger partial charge in [0.2, 0.25) is 0 Å². The fourth-order valence-electron chi connectivity index (χ4n) is 2.70. The van der Waals surface area contributed by atoms with E-state index in [1.165, 1.54) is 0 Å². The van der Waals surface area contributed by atoms with E-state index in [0.717, 1.165) is 34.9 Å². The van der Waals surface area contributed by atoms with Crippen LogP contribution in [0, 0.1) is 0 Å². The maximum Gasteiger partial charge on any atom is 0.152 e. The molecule has 1 aromatic carbocycles. The summed E-state index contributed by atoms with van der Waals surface area (Å²) < 4.78 is 7.13. The highest BCUT2D eigenvalue weighted by Crippen LogP contribution is 2.24. The van der Waals surface area contributed by atoms with Crippen molar-refractivity contribution < 1.29 is 4.74 Å². The molecule has 2 aromatic heterocycles. The lowest BCUT2D eigenvalue weighted by Crippen LogP contribution is -2.22. The second-order valence-electron chi connectivity index (χ2n) is 5.81. The Kier molecular flexibility index (Phi) is 5.52. The lowest BCUT2D eigenvalue weighted by molar-refractivity contribution is 0.186. The minimum atomic E-state index is 0.521. The number of methoxy groups -OCH3 is 1. The summed E-state index contributed by atoms with van der Waals surface area (Å²) >= 11 is 0. The van der Waals surface area contributed by atoms with Gasteiger partial charge in [0, 0.05) is 32.5 Å². The SMILES string of the molecule is COCCn1cnnc1CN(C)c1nc(CCN)nc2ccccc12. The Morgan fingerprint density at radius 1 is 1.24 bits per heavy atom. The minimum absolute atomic E-state index is 0.521. The molecule has 0 aliphatic carbocycles. The van der Waals surface area contributed by atoms with Crippen molar-refractivity contribution in [1.29, 1.82) is 0 Å². The highest BCUT2D eigenvalue weighted by atomic mass is 16.5. The van der Waals surface area contributed by atoms with Crippen molar-refractivity contribution in [3.05, 3.63) is 42.2 Å². The normalized spacial score (nSPS) is 11.2. The molecule has 3 rings (SSSR count). The van der Waals surface area contributed by atoms with Gasteiger partial charge in [0.25, 0.3) is 0 Å². The van der Waals surface area contributed by atoms with Crippen LogP contribution in [-0.4, -0.2) is 52.0 Å². The summed E-state index contributed by atoms with van der Waals surface area (Å²) in [7, 11) is 3.68. The molecule has 2 N–H and O–H groups in total. The van der Waals surface area contributed by atoms with E-state index in [0.29, 0.717) is 26.1 Å². The summed E-state index contributed by atoms with van der Waals surface area (Å²) in [5.41, 5.74) is 6.60. The number of ether oxygens (including phenoxy) is 1. The number of hydrogen-bond acceptors (Lipinski definition) is 7. The molecule has 8 nitrogen and oxygen atoms in total. The molecule has 0 unspecified atom stereocenters. The van der Waals surface area contributed by atoms with Gasteiger partial charge in [0.05, 0.1) is 18.7 Å². The van der Waals surface area contributed by atoms with Crippen molar-refractivity contribution in [2.24, 2.45) is 5.73 Å². The number of nitrogens with two attached hydrogens (primary N) is 1. The molecule has 0 amide bonds. The van der Waals surface area contributed by atoms with Gasteiger partial charge in [0.15, 0.2) is 5.82 Å². The molecular weight excluding hydrogens is 318 g/mol. The first-order chi connectivity index (χ1) is 12.2. The van der Waals surface area contributed by atoms with E-state index in [1.54, 1.807) is 13.4 Å². The second-order valence-corrected chi connectivity index (χ2v) is 5.81. The summed E-state index contributed by atoms with van der Waals surface area (Å²) in [5, 5.41) is 9.25. The first-order valence-electron chi connectivity index (χ1n) is 8.25. The van der Waals surface area contributed by atoms with Crippen LogP contribution in [-0.2, 0) is 24.2 Å². The molecule has 132 valence electrons. The topological polar surface area (TPSA) is 95.0 Å². The van der Waals surface area contributed by atoms with E-state index in [1.807, 2.05) is 35.9 Å². The van der Waals surface area contributed by atoms with Crippen LogP contribution in [0.25, 0.3) is 10.9 Å². The van der Waals surface area contributed by atoms with Crippen molar-refractivity contribution >= 4 is 16.7 Å². The Morgan fingerprint density at radius 3 is 2.88 bits per heavy atom. The molecule has 3 aromatic rings. The van der Waals surface area contributed by atoms with Crippen LogP contribution in [0.2, 0.25) is 0 Å². The molecule has 0 radical (unpaired) electrons. The van der Waals surface area contributed by atoms with Gasteiger partial charge in [-0.05, 0) is 18.7 Å². The Labute approximate surface area is 146 Å². The number of fused-ring (bicyclic) bond motifs is 1. The molecule has 2 heterocycles. The van der Waals surface area contributed by atoms with E-state index in [-0.39, 0.29) is 0 Å². The van der Waals surface area contributed by atoms with E-state index in [4.69, 9.17) is 15.5 Å². The average molecular weight is 341 g/mol. The lowest BCUT2D eigenvalue weighted by Gasteiger charge is -2.20. The molecule has 0 spiro atoms. The number of rotatable bonds is 8. The second kappa shape index (κ2) is 8.00. The van der Waals surface area contributed by atoms with Crippen molar-refractivity contribution in [2.45, 2.75) is 19.5 Å². The number of anilines is 1. The van der Waals surface area contributed by atoms with Gasteiger partial charge >= 0.3 is 0 Å². The molecule has 0 fully saturated rings. The van der Waals surface area contributed by atoms with Gasteiger partial charge in [-0.1, -0.05) is 12.1 Å². The zero-order valence-corrected chi connectivity index (χ0v) is 14.6. The third-order valence-corrected chi connectivity index (χ3v) is 3.97. The van der Waals surface area contributed by atoms with Gasteiger partial charge in [0.1, 0.15) is 18.0 Å². The van der Waals surface area contributed by atoms with E-state index < -0.39 is 0 Å². The monoisotopic (exact) mass is 341 g/mol. The highest BCUT2D eigenvalue weighted by Gasteiger charge is 2.14. The number of hydrogen-bond donors (Lipinski definition) is 1. The Morgan fingerprint density at radius 2 is 2.08 bits per heavy atom. The lowest BCUT2D eigenvalue weighted by atomic mass is 10.2. The molecule has 25 heavy (non-hydrogen) atoms. The molecule has 0 atom stereocenters. The van der Waals surface area contributed by atoms with Crippen molar-refractivity contribution in [3.63, 3.8) is 0 Å². The highest BCUT2D eigenvalue weighted by molar-refractivity contribution is 5.89. The van der Waals surface area contributed by atoms with Crippen molar-refractivity contribution in [2.75, 3.05) is 32.2 Å². The fraction of sp³-hybridized carbons (Fsp3) is 0.412. The third kappa shape index (κ3) is 3.92. The summed E-state index contributed by atoms with van der Waals surface area (Å²) in [6.45, 7) is 2.45. The Bertz CT molecular complexity index is 833. The van der Waals surface area contributed by atoms with Crippen LogP contribution >= 0.6 is 0 Å². The summed E-state index contributed by atoms with van der Waals surface area (Å²) in [4.78, 5) is 11.4. The average Bonchev–Trinajstić information content (AvgIpc) is 3.06. The predicted octanol–water partition coefficient (Wildman–Crippen LogP) is 1.01. The number of para-hydroxylation sites is 1. The third-order valence-electron chi connectivity index (χ3n) is 3.97. The molecule has 0 aliphatic heterocycles. The van der Waals surface area contributed by atoms with E-state index >= 15 is 0 Å². The number of aromatic nitrogens is 5. The van der Waals surface area contributed by atoms with Crippen LogP contribution < -0.4 is 10.6 Å². The van der Waals surface area contributed by atoms with Gasteiger partial charge in [-0.25, -0.2) is 9.97 Å². The van der Waals surface area contributed by atoms with Crippen LogP contribution in [0.15, 0.2) is 30.6 Å². The molecule has 0 bridgehead atoms. The number of nitrogens with zero attached hydrogens (tertiary/aromatic N) is 6. The summed E-state index contributed by atoms with van der Waals surface area (Å²) in [5.74, 6) is 2.49. The van der Waals surface area contributed by atoms with E-state index in [9.17, 15) is 0 Å². The van der Waals surface area contributed by atoms with Gasteiger partial charge in [-0.2, -0.15) is 0 Å². The zero-order chi connectivity index (χ0) is 17.6. The van der Waals surface area contributed by atoms with Crippen LogP contribution in [0.1, 0.15) is 11.6 Å². The fourth-order valence-corrected chi connectivity index (χ4v) is 2.70. The minimum Gasteiger partial charge on any atom is -0.383 e. The Balaban J connectivity index is 1.91. The maximum atomic E-state index is 5.68.